The Morgan fingerprint density at radius 2 is 1.88 bits per heavy atom. The zero-order chi connectivity index (χ0) is 17.1. The van der Waals surface area contributed by atoms with Gasteiger partial charge in [0.1, 0.15) is 5.76 Å². The van der Waals surface area contributed by atoms with E-state index in [9.17, 15) is 0 Å². The smallest absolute Gasteiger partial charge is 0.251 e. The fourth-order valence-corrected chi connectivity index (χ4v) is 3.05. The quantitative estimate of drug-likeness (QED) is 0.689. The maximum Gasteiger partial charge on any atom is 0.251 e. The molecule has 0 radical (unpaired) electrons. The molecule has 5 heteroatoms. The number of aromatic nitrogens is 2. The third-order valence-corrected chi connectivity index (χ3v) is 4.65. The van der Waals surface area contributed by atoms with E-state index in [0.717, 1.165) is 30.3 Å². The van der Waals surface area contributed by atoms with Crippen LogP contribution in [0.4, 0.5) is 5.69 Å². The van der Waals surface area contributed by atoms with Gasteiger partial charge in [-0.05, 0) is 61.2 Å². The second-order valence-corrected chi connectivity index (χ2v) is 6.52. The van der Waals surface area contributed by atoms with E-state index in [0.29, 0.717) is 11.7 Å². The molecule has 0 aliphatic carbocycles. The molecule has 1 aromatic carbocycles. The number of benzene rings is 1. The number of anilines is 1. The van der Waals surface area contributed by atoms with Crippen LogP contribution in [0.25, 0.3) is 23.5 Å². The van der Waals surface area contributed by atoms with Gasteiger partial charge in [0.2, 0.25) is 5.82 Å². The van der Waals surface area contributed by atoms with E-state index < -0.39 is 0 Å². The summed E-state index contributed by atoms with van der Waals surface area (Å²) in [6.45, 7) is 4.59. The first-order valence-corrected chi connectivity index (χ1v) is 8.68. The molecule has 3 heterocycles. The van der Waals surface area contributed by atoms with Crippen LogP contribution in [0, 0.1) is 5.92 Å². The Morgan fingerprint density at radius 1 is 1.08 bits per heavy atom. The first-order valence-electron chi connectivity index (χ1n) is 8.68. The van der Waals surface area contributed by atoms with Crippen molar-refractivity contribution in [3.8, 4) is 11.4 Å². The molecule has 0 amide bonds. The largest absolute Gasteiger partial charge is 0.465 e. The van der Waals surface area contributed by atoms with E-state index in [2.05, 4.69) is 46.2 Å². The average molecular weight is 335 g/mol. The van der Waals surface area contributed by atoms with Crippen molar-refractivity contribution in [3.05, 3.63) is 54.3 Å². The summed E-state index contributed by atoms with van der Waals surface area (Å²) in [5.74, 6) is 2.64. The molecule has 0 bridgehead atoms. The second-order valence-electron chi connectivity index (χ2n) is 6.52. The molecule has 0 unspecified atom stereocenters. The van der Waals surface area contributed by atoms with Crippen molar-refractivity contribution < 1.29 is 8.94 Å². The van der Waals surface area contributed by atoms with Crippen LogP contribution >= 0.6 is 0 Å². The molecule has 3 aromatic rings. The standard InChI is InChI=1S/C20H21N3O2/c1-15-10-12-23(13-11-15)17-6-4-16(5-7-17)20-21-19(25-22-20)9-8-18-3-2-14-24-18/h2-9,14-15H,10-13H2,1H3. The van der Waals surface area contributed by atoms with Crippen LogP contribution in [0.3, 0.4) is 0 Å². The normalized spacial score (nSPS) is 16.0. The van der Waals surface area contributed by atoms with E-state index in [4.69, 9.17) is 8.94 Å². The topological polar surface area (TPSA) is 55.3 Å². The Hall–Kier alpha value is -2.82. The molecule has 2 aromatic heterocycles. The van der Waals surface area contributed by atoms with Crippen LogP contribution in [-0.2, 0) is 0 Å². The van der Waals surface area contributed by atoms with Gasteiger partial charge < -0.3 is 13.8 Å². The number of nitrogens with zero attached hydrogens (tertiary/aromatic N) is 3. The first-order chi connectivity index (χ1) is 12.3. The SMILES string of the molecule is CC1CCN(c2ccc(-c3noc(C=Cc4ccco4)n3)cc2)CC1. The predicted octanol–water partition coefficient (Wildman–Crippen LogP) is 4.74. The van der Waals surface area contributed by atoms with Gasteiger partial charge in [-0.1, -0.05) is 12.1 Å². The molecule has 5 nitrogen and oxygen atoms in total. The number of furan rings is 1. The van der Waals surface area contributed by atoms with Crippen LogP contribution < -0.4 is 4.90 Å². The Kier molecular flexibility index (Phi) is 4.37. The molecular weight excluding hydrogens is 314 g/mol. The summed E-state index contributed by atoms with van der Waals surface area (Å²) in [6, 6.07) is 12.1. The fourth-order valence-electron chi connectivity index (χ4n) is 3.05. The maximum absolute atomic E-state index is 5.28. The number of piperidine rings is 1. The minimum Gasteiger partial charge on any atom is -0.465 e. The monoisotopic (exact) mass is 335 g/mol. The Labute approximate surface area is 147 Å². The Morgan fingerprint density at radius 3 is 2.60 bits per heavy atom. The summed E-state index contributed by atoms with van der Waals surface area (Å²) >= 11 is 0. The molecule has 128 valence electrons. The highest BCUT2D eigenvalue weighted by Crippen LogP contribution is 2.25. The number of hydrogen-bond acceptors (Lipinski definition) is 5. The van der Waals surface area contributed by atoms with E-state index in [1.54, 1.807) is 18.4 Å². The van der Waals surface area contributed by atoms with Crippen LogP contribution in [0.5, 0.6) is 0 Å². The van der Waals surface area contributed by atoms with Gasteiger partial charge in [0.25, 0.3) is 5.89 Å². The van der Waals surface area contributed by atoms with Crippen LogP contribution in [-0.4, -0.2) is 23.2 Å². The second kappa shape index (κ2) is 6.97. The molecule has 0 N–H and O–H groups in total. The highest BCUT2D eigenvalue weighted by atomic mass is 16.5. The molecular formula is C20H21N3O2. The van der Waals surface area contributed by atoms with Crippen LogP contribution in [0.1, 0.15) is 31.4 Å². The van der Waals surface area contributed by atoms with E-state index in [-0.39, 0.29) is 0 Å². The molecule has 1 aliphatic heterocycles. The van der Waals surface area contributed by atoms with Crippen molar-refractivity contribution in [1.82, 2.24) is 10.1 Å². The first kappa shape index (κ1) is 15.7. The summed E-state index contributed by atoms with van der Waals surface area (Å²) in [5, 5.41) is 4.06. The number of hydrogen-bond donors (Lipinski definition) is 0. The summed E-state index contributed by atoms with van der Waals surface area (Å²) in [4.78, 5) is 6.85. The zero-order valence-electron chi connectivity index (χ0n) is 14.3. The highest BCUT2D eigenvalue weighted by Gasteiger charge is 2.16. The average Bonchev–Trinajstić information content (AvgIpc) is 3.33. The van der Waals surface area contributed by atoms with Gasteiger partial charge in [0.15, 0.2) is 0 Å². The lowest BCUT2D eigenvalue weighted by Gasteiger charge is -2.32. The lowest BCUT2D eigenvalue weighted by Crippen LogP contribution is -2.32. The molecule has 1 saturated heterocycles. The zero-order valence-corrected chi connectivity index (χ0v) is 14.3. The van der Waals surface area contributed by atoms with Crippen LogP contribution in [0.2, 0.25) is 0 Å². The Balaban J connectivity index is 1.45. The van der Waals surface area contributed by atoms with Gasteiger partial charge in [0.05, 0.1) is 6.26 Å². The van der Waals surface area contributed by atoms with E-state index in [1.807, 2.05) is 12.1 Å². The van der Waals surface area contributed by atoms with Gasteiger partial charge in [0, 0.05) is 30.4 Å². The molecule has 1 fully saturated rings. The third-order valence-electron chi connectivity index (χ3n) is 4.65. The molecule has 4 rings (SSSR count). The third kappa shape index (κ3) is 3.65. The molecule has 25 heavy (non-hydrogen) atoms. The van der Waals surface area contributed by atoms with Crippen molar-refractivity contribution in [3.63, 3.8) is 0 Å². The molecule has 0 saturated carbocycles. The van der Waals surface area contributed by atoms with Crippen LogP contribution in [0.15, 0.2) is 51.6 Å². The van der Waals surface area contributed by atoms with Crippen molar-refractivity contribution in [1.29, 1.82) is 0 Å². The lowest BCUT2D eigenvalue weighted by molar-refractivity contribution is 0.411. The highest BCUT2D eigenvalue weighted by molar-refractivity contribution is 5.65. The molecule has 1 aliphatic rings. The maximum atomic E-state index is 5.28. The molecule has 0 spiro atoms. The van der Waals surface area contributed by atoms with Crippen molar-refractivity contribution >= 4 is 17.8 Å². The van der Waals surface area contributed by atoms with Crippen molar-refractivity contribution in [2.75, 3.05) is 18.0 Å². The minimum atomic E-state index is 0.459. The summed E-state index contributed by atoms with van der Waals surface area (Å²) in [7, 11) is 0. The van der Waals surface area contributed by atoms with Crippen molar-refractivity contribution in [2.45, 2.75) is 19.8 Å². The molecule has 0 atom stereocenters. The van der Waals surface area contributed by atoms with Gasteiger partial charge in [-0.25, -0.2) is 0 Å². The van der Waals surface area contributed by atoms with E-state index >= 15 is 0 Å². The van der Waals surface area contributed by atoms with Gasteiger partial charge >= 0.3 is 0 Å². The van der Waals surface area contributed by atoms with Gasteiger partial charge in [-0.15, -0.1) is 0 Å². The Bertz CT molecular complexity index is 826. The predicted molar refractivity (Wildman–Crippen MR) is 98.0 cm³/mol. The van der Waals surface area contributed by atoms with E-state index in [1.165, 1.54) is 18.5 Å². The lowest BCUT2D eigenvalue weighted by atomic mass is 9.98. The summed E-state index contributed by atoms with van der Waals surface area (Å²) < 4.78 is 10.5. The van der Waals surface area contributed by atoms with Crippen molar-refractivity contribution in [2.24, 2.45) is 5.92 Å². The summed E-state index contributed by atoms with van der Waals surface area (Å²) in [5.41, 5.74) is 2.22. The van der Waals surface area contributed by atoms with Gasteiger partial charge in [-0.3, -0.25) is 0 Å². The summed E-state index contributed by atoms with van der Waals surface area (Å²) in [6.07, 6.45) is 7.70. The van der Waals surface area contributed by atoms with Gasteiger partial charge in [-0.2, -0.15) is 4.98 Å². The fraction of sp³-hybridized carbons (Fsp3) is 0.300. The number of rotatable bonds is 4. The minimum absolute atomic E-state index is 0.459.